The molecule has 1 aromatic heterocycles. The third-order valence-corrected chi connectivity index (χ3v) is 4.18. The number of anilines is 1. The van der Waals surface area contributed by atoms with Crippen molar-refractivity contribution in [2.75, 3.05) is 31.1 Å². The van der Waals surface area contributed by atoms with Gasteiger partial charge in [-0.2, -0.15) is 0 Å². The van der Waals surface area contributed by atoms with E-state index in [0.29, 0.717) is 32.1 Å². The van der Waals surface area contributed by atoms with E-state index in [1.165, 1.54) is 4.67 Å². The zero-order chi connectivity index (χ0) is 11.6. The summed E-state index contributed by atoms with van der Waals surface area (Å²) in [5.74, 6) is 0.643. The molecule has 1 aromatic rings. The lowest BCUT2D eigenvalue weighted by Crippen LogP contribution is -2.44. The Balaban J connectivity index is 1.98. The molecule has 2 heterocycles. The van der Waals surface area contributed by atoms with Gasteiger partial charge in [0.05, 0.1) is 0 Å². The summed E-state index contributed by atoms with van der Waals surface area (Å²) in [7, 11) is 0. The number of aromatic nitrogens is 2. The van der Waals surface area contributed by atoms with Crippen molar-refractivity contribution in [3.05, 3.63) is 18.5 Å². The van der Waals surface area contributed by atoms with Gasteiger partial charge in [0.1, 0.15) is 0 Å². The van der Waals surface area contributed by atoms with Crippen LogP contribution in [-0.2, 0) is 4.57 Å². The Morgan fingerprint density at radius 1 is 1.25 bits per heavy atom. The van der Waals surface area contributed by atoms with Crippen LogP contribution in [0.5, 0.6) is 0 Å². The summed E-state index contributed by atoms with van der Waals surface area (Å²) >= 11 is 5.39. The first-order valence-corrected chi connectivity index (χ1v) is 7.39. The Labute approximate surface area is 98.2 Å². The lowest BCUT2D eigenvalue weighted by Gasteiger charge is -2.34. The Bertz CT molecular complexity index is 390. The van der Waals surface area contributed by atoms with E-state index in [0.717, 1.165) is 0 Å². The maximum absolute atomic E-state index is 11.2. The van der Waals surface area contributed by atoms with Gasteiger partial charge in [0.2, 0.25) is 5.95 Å². The van der Waals surface area contributed by atoms with E-state index >= 15 is 0 Å². The van der Waals surface area contributed by atoms with Crippen LogP contribution in [0.4, 0.5) is 5.95 Å². The Kier molecular flexibility index (Phi) is 3.44. The molecule has 16 heavy (non-hydrogen) atoms. The second-order valence-corrected chi connectivity index (χ2v) is 6.30. The average molecular weight is 263 g/mol. The van der Waals surface area contributed by atoms with E-state index < -0.39 is 6.87 Å². The molecule has 0 amide bonds. The van der Waals surface area contributed by atoms with Crippen LogP contribution in [-0.4, -0.2) is 45.7 Å². The van der Waals surface area contributed by atoms with E-state index in [4.69, 9.17) is 11.2 Å². The van der Waals surface area contributed by atoms with Crippen molar-refractivity contribution in [1.82, 2.24) is 14.6 Å². The molecule has 0 spiro atoms. The predicted molar refractivity (Wildman–Crippen MR) is 61.5 cm³/mol. The number of hydrogen-bond acceptors (Lipinski definition) is 4. The smallest absolute Gasteiger partial charge is 0.338 e. The maximum Gasteiger partial charge on any atom is 0.360 e. The van der Waals surface area contributed by atoms with Crippen LogP contribution in [0, 0.1) is 0 Å². The fraction of sp³-hybridized carbons (Fsp3) is 0.500. The van der Waals surface area contributed by atoms with Crippen molar-refractivity contribution in [3.63, 3.8) is 0 Å². The van der Waals surface area contributed by atoms with Gasteiger partial charge in [0, 0.05) is 38.6 Å². The number of piperazine rings is 1. The van der Waals surface area contributed by atoms with Crippen LogP contribution in [0.1, 0.15) is 0 Å². The maximum atomic E-state index is 11.2. The van der Waals surface area contributed by atoms with Crippen LogP contribution in [0.25, 0.3) is 0 Å². The number of nitrogens with zero attached hydrogens (tertiary/aromatic N) is 4. The zero-order valence-electron chi connectivity index (χ0n) is 8.53. The molecule has 0 bridgehead atoms. The lowest BCUT2D eigenvalue weighted by atomic mass is 10.4. The summed E-state index contributed by atoms with van der Waals surface area (Å²) in [5, 5.41) is 0. The van der Waals surface area contributed by atoms with Crippen molar-refractivity contribution < 1.29 is 9.46 Å². The molecule has 1 atom stereocenters. The summed E-state index contributed by atoms with van der Waals surface area (Å²) in [5.41, 5.74) is 0. The highest BCUT2D eigenvalue weighted by atomic mass is 35.7. The molecule has 88 valence electrons. The second kappa shape index (κ2) is 4.67. The van der Waals surface area contributed by atoms with Gasteiger partial charge in [0.25, 0.3) is 0 Å². The molecule has 0 saturated carbocycles. The van der Waals surface area contributed by atoms with Gasteiger partial charge in [-0.3, -0.25) is 4.57 Å². The first-order chi connectivity index (χ1) is 7.57. The van der Waals surface area contributed by atoms with Crippen molar-refractivity contribution in [2.24, 2.45) is 0 Å². The topological polar surface area (TPSA) is 69.6 Å². The summed E-state index contributed by atoms with van der Waals surface area (Å²) < 4.78 is 12.6. The van der Waals surface area contributed by atoms with Crippen LogP contribution in [0.15, 0.2) is 18.5 Å². The van der Waals surface area contributed by atoms with Gasteiger partial charge >= 0.3 is 6.87 Å². The normalized spacial score (nSPS) is 21.8. The van der Waals surface area contributed by atoms with Crippen molar-refractivity contribution in [3.8, 4) is 0 Å². The summed E-state index contributed by atoms with van der Waals surface area (Å²) in [4.78, 5) is 19.4. The fourth-order valence-electron chi connectivity index (χ4n) is 1.60. The highest BCUT2D eigenvalue weighted by molar-refractivity contribution is 7.82. The minimum absolute atomic E-state index is 0.440. The SMILES string of the molecule is O=P(O)(Cl)N1CCN(c2ncccn2)CC1. The third-order valence-electron chi connectivity index (χ3n) is 2.44. The number of halogens is 1. The van der Waals surface area contributed by atoms with E-state index in [1.54, 1.807) is 18.5 Å². The molecule has 2 rings (SSSR count). The fourth-order valence-corrected chi connectivity index (χ4v) is 2.72. The van der Waals surface area contributed by atoms with Crippen LogP contribution < -0.4 is 4.90 Å². The van der Waals surface area contributed by atoms with Crippen LogP contribution in [0.2, 0.25) is 0 Å². The zero-order valence-corrected chi connectivity index (χ0v) is 10.2. The quantitative estimate of drug-likeness (QED) is 0.800. The van der Waals surface area contributed by atoms with Crippen molar-refractivity contribution in [2.45, 2.75) is 0 Å². The van der Waals surface area contributed by atoms with Crippen LogP contribution in [0.3, 0.4) is 0 Å². The Hall–Kier alpha value is -0.680. The first-order valence-electron chi connectivity index (χ1n) is 4.87. The van der Waals surface area contributed by atoms with Gasteiger partial charge in [-0.1, -0.05) is 0 Å². The molecule has 6 nitrogen and oxygen atoms in total. The third kappa shape index (κ3) is 2.71. The van der Waals surface area contributed by atoms with Gasteiger partial charge in [0.15, 0.2) is 0 Å². The predicted octanol–water partition coefficient (Wildman–Crippen LogP) is 0.938. The molecule has 1 fully saturated rings. The molecule has 1 saturated heterocycles. The number of rotatable bonds is 2. The Morgan fingerprint density at radius 2 is 1.81 bits per heavy atom. The van der Waals surface area contributed by atoms with Gasteiger partial charge in [-0.05, 0) is 17.3 Å². The molecule has 1 aliphatic heterocycles. The van der Waals surface area contributed by atoms with E-state index in [1.807, 2.05) is 4.90 Å². The van der Waals surface area contributed by atoms with E-state index in [-0.39, 0.29) is 0 Å². The first kappa shape index (κ1) is 11.8. The van der Waals surface area contributed by atoms with Gasteiger partial charge in [-0.25, -0.2) is 14.6 Å². The highest BCUT2D eigenvalue weighted by Crippen LogP contribution is 2.50. The lowest BCUT2D eigenvalue weighted by molar-refractivity contribution is 0.341. The van der Waals surface area contributed by atoms with E-state index in [9.17, 15) is 9.46 Å². The minimum atomic E-state index is -3.62. The average Bonchev–Trinajstić information content (AvgIpc) is 2.29. The summed E-state index contributed by atoms with van der Waals surface area (Å²) in [6.45, 7) is -1.54. The monoisotopic (exact) mass is 262 g/mol. The molecule has 1 N–H and O–H groups in total. The molecule has 0 aromatic carbocycles. The van der Waals surface area contributed by atoms with E-state index in [2.05, 4.69) is 9.97 Å². The summed E-state index contributed by atoms with van der Waals surface area (Å²) in [6, 6.07) is 1.75. The molecular formula is C8H12ClN4O2P. The van der Waals surface area contributed by atoms with Gasteiger partial charge in [-0.15, -0.1) is 0 Å². The molecule has 0 radical (unpaired) electrons. The molecule has 0 aliphatic carbocycles. The Morgan fingerprint density at radius 3 is 2.31 bits per heavy atom. The number of hydrogen-bond donors (Lipinski definition) is 1. The highest BCUT2D eigenvalue weighted by Gasteiger charge is 2.29. The van der Waals surface area contributed by atoms with Gasteiger partial charge < -0.3 is 9.79 Å². The standard InChI is InChI=1S/C8H12ClN4O2P/c9-16(14,15)13-6-4-12(5-7-13)8-10-2-1-3-11-8/h1-3H,4-7H2,(H,14,15). The molecular weight excluding hydrogens is 251 g/mol. The molecule has 8 heteroatoms. The minimum Gasteiger partial charge on any atom is -0.338 e. The van der Waals surface area contributed by atoms with Crippen LogP contribution >= 0.6 is 18.1 Å². The molecule has 1 aliphatic rings. The van der Waals surface area contributed by atoms with Crippen molar-refractivity contribution in [1.29, 1.82) is 0 Å². The van der Waals surface area contributed by atoms with Crippen molar-refractivity contribution >= 4 is 24.1 Å². The molecule has 1 unspecified atom stereocenters. The summed E-state index contributed by atoms with van der Waals surface area (Å²) in [6.07, 6.45) is 3.35. The largest absolute Gasteiger partial charge is 0.360 e. The second-order valence-electron chi connectivity index (χ2n) is 3.46.